The molecule has 0 aromatic carbocycles. The number of halogens is 1. The minimum absolute atomic E-state index is 0.0364. The van der Waals surface area contributed by atoms with E-state index in [1.165, 1.54) is 6.42 Å². The lowest BCUT2D eigenvalue weighted by molar-refractivity contribution is 0.0716. The maximum absolute atomic E-state index is 12.5. The fourth-order valence-corrected chi connectivity index (χ4v) is 2.69. The molecule has 1 amide bonds. The molecular formula is C14H22ClN3O. The number of rotatable bonds is 5. The van der Waals surface area contributed by atoms with Crippen LogP contribution in [0.2, 0.25) is 5.02 Å². The summed E-state index contributed by atoms with van der Waals surface area (Å²) in [6.45, 7) is 6.86. The fraction of sp³-hybridized carbons (Fsp3) is 0.643. The molecule has 2 rings (SSSR count). The first-order valence-corrected chi connectivity index (χ1v) is 7.30. The third kappa shape index (κ3) is 3.98. The molecule has 1 aliphatic heterocycles. The molecule has 0 aliphatic carbocycles. The molecule has 1 aliphatic rings. The van der Waals surface area contributed by atoms with Gasteiger partial charge in [0.1, 0.15) is 5.69 Å². The highest BCUT2D eigenvalue weighted by molar-refractivity contribution is 6.30. The van der Waals surface area contributed by atoms with E-state index in [4.69, 9.17) is 11.6 Å². The summed E-state index contributed by atoms with van der Waals surface area (Å²) >= 11 is 5.87. The molecule has 1 fully saturated rings. The van der Waals surface area contributed by atoms with E-state index in [-0.39, 0.29) is 5.91 Å². The highest BCUT2D eigenvalue weighted by Crippen LogP contribution is 2.15. The van der Waals surface area contributed by atoms with Crippen molar-refractivity contribution in [2.45, 2.75) is 32.7 Å². The van der Waals surface area contributed by atoms with E-state index < -0.39 is 0 Å². The van der Waals surface area contributed by atoms with Crippen LogP contribution >= 0.6 is 11.6 Å². The Bertz CT molecular complexity index is 424. The SMILES string of the molecule is CC(C)CN(CC1CCCN1)C(=O)c1cc(Cl)c[nH]1. The predicted molar refractivity (Wildman–Crippen MR) is 77.6 cm³/mol. The van der Waals surface area contributed by atoms with Crippen LogP contribution in [0.15, 0.2) is 12.3 Å². The molecule has 0 spiro atoms. The van der Waals surface area contributed by atoms with Crippen LogP contribution < -0.4 is 5.32 Å². The molecule has 1 saturated heterocycles. The predicted octanol–water partition coefficient (Wildman–Crippen LogP) is 2.52. The first kappa shape index (κ1) is 14.4. The summed E-state index contributed by atoms with van der Waals surface area (Å²) in [5.74, 6) is 0.491. The Hall–Kier alpha value is -1.00. The van der Waals surface area contributed by atoms with Crippen LogP contribution in [0.5, 0.6) is 0 Å². The first-order chi connectivity index (χ1) is 9.06. The summed E-state index contributed by atoms with van der Waals surface area (Å²) < 4.78 is 0. The van der Waals surface area contributed by atoms with Gasteiger partial charge in [0, 0.05) is 25.3 Å². The number of carbonyl (C=O) groups is 1. The van der Waals surface area contributed by atoms with Crippen molar-refractivity contribution < 1.29 is 4.79 Å². The minimum Gasteiger partial charge on any atom is -0.356 e. The van der Waals surface area contributed by atoms with Crippen LogP contribution in [0.4, 0.5) is 0 Å². The number of aromatic amines is 1. The molecule has 0 bridgehead atoms. The minimum atomic E-state index is 0.0364. The van der Waals surface area contributed by atoms with Gasteiger partial charge in [-0.1, -0.05) is 25.4 Å². The highest BCUT2D eigenvalue weighted by Gasteiger charge is 2.23. The Morgan fingerprint density at radius 2 is 2.37 bits per heavy atom. The van der Waals surface area contributed by atoms with Gasteiger partial charge in [-0.25, -0.2) is 0 Å². The average Bonchev–Trinajstić information content (AvgIpc) is 2.98. The van der Waals surface area contributed by atoms with Crippen molar-refractivity contribution in [3.05, 3.63) is 23.0 Å². The number of amides is 1. The second-order valence-electron chi connectivity index (χ2n) is 5.63. The molecule has 0 saturated carbocycles. The topological polar surface area (TPSA) is 48.1 Å². The standard InChI is InChI=1S/C14H22ClN3O/c1-10(2)8-18(9-12-4-3-5-16-12)14(19)13-6-11(15)7-17-13/h6-7,10,12,16-17H,3-5,8-9H2,1-2H3. The van der Waals surface area contributed by atoms with Crippen molar-refractivity contribution >= 4 is 17.5 Å². The molecule has 1 unspecified atom stereocenters. The lowest BCUT2D eigenvalue weighted by Gasteiger charge is -2.27. The zero-order valence-electron chi connectivity index (χ0n) is 11.6. The van der Waals surface area contributed by atoms with E-state index in [0.717, 1.165) is 26.1 Å². The largest absolute Gasteiger partial charge is 0.356 e. The zero-order valence-corrected chi connectivity index (χ0v) is 12.3. The van der Waals surface area contributed by atoms with Crippen molar-refractivity contribution in [2.24, 2.45) is 5.92 Å². The smallest absolute Gasteiger partial charge is 0.270 e. The molecule has 4 nitrogen and oxygen atoms in total. The third-order valence-electron chi connectivity index (χ3n) is 3.35. The van der Waals surface area contributed by atoms with Crippen molar-refractivity contribution in [1.82, 2.24) is 15.2 Å². The number of hydrogen-bond donors (Lipinski definition) is 2. The van der Waals surface area contributed by atoms with Crippen molar-refractivity contribution in [1.29, 1.82) is 0 Å². The van der Waals surface area contributed by atoms with E-state index in [2.05, 4.69) is 24.1 Å². The second-order valence-corrected chi connectivity index (χ2v) is 6.07. The van der Waals surface area contributed by atoms with Crippen LogP contribution in [0, 0.1) is 5.92 Å². The molecule has 1 atom stereocenters. The maximum Gasteiger partial charge on any atom is 0.270 e. The molecule has 1 aromatic heterocycles. The Labute approximate surface area is 119 Å². The van der Waals surface area contributed by atoms with Gasteiger partial charge in [0.15, 0.2) is 0 Å². The molecule has 1 aromatic rings. The van der Waals surface area contributed by atoms with Gasteiger partial charge in [-0.2, -0.15) is 0 Å². The number of hydrogen-bond acceptors (Lipinski definition) is 2. The van der Waals surface area contributed by atoms with Crippen LogP contribution in [-0.2, 0) is 0 Å². The number of aromatic nitrogens is 1. The lowest BCUT2D eigenvalue weighted by atomic mass is 10.1. The van der Waals surface area contributed by atoms with Gasteiger partial charge in [-0.15, -0.1) is 0 Å². The summed E-state index contributed by atoms with van der Waals surface area (Å²) in [6, 6.07) is 2.12. The van der Waals surface area contributed by atoms with E-state index in [9.17, 15) is 4.79 Å². The zero-order chi connectivity index (χ0) is 13.8. The number of carbonyl (C=O) groups excluding carboxylic acids is 1. The van der Waals surface area contributed by atoms with E-state index >= 15 is 0 Å². The van der Waals surface area contributed by atoms with Crippen molar-refractivity contribution in [3.63, 3.8) is 0 Å². The Morgan fingerprint density at radius 3 is 2.89 bits per heavy atom. The molecule has 2 heterocycles. The van der Waals surface area contributed by atoms with Crippen LogP contribution in [0.1, 0.15) is 37.2 Å². The molecule has 2 N–H and O–H groups in total. The number of nitrogens with one attached hydrogen (secondary N) is 2. The van der Waals surface area contributed by atoms with Gasteiger partial charge in [0.25, 0.3) is 5.91 Å². The number of H-pyrrole nitrogens is 1. The van der Waals surface area contributed by atoms with Crippen LogP contribution in [-0.4, -0.2) is 41.5 Å². The average molecular weight is 284 g/mol. The van der Waals surface area contributed by atoms with Crippen LogP contribution in [0.25, 0.3) is 0 Å². The summed E-state index contributed by atoms with van der Waals surface area (Å²) in [5, 5.41) is 4.02. The van der Waals surface area contributed by atoms with E-state index in [0.29, 0.717) is 22.7 Å². The quantitative estimate of drug-likeness (QED) is 0.872. The Kier molecular flexibility index (Phi) is 4.88. The third-order valence-corrected chi connectivity index (χ3v) is 3.57. The summed E-state index contributed by atoms with van der Waals surface area (Å²) in [7, 11) is 0. The number of nitrogens with zero attached hydrogens (tertiary/aromatic N) is 1. The summed E-state index contributed by atoms with van der Waals surface area (Å²) in [6.07, 6.45) is 3.99. The fourth-order valence-electron chi connectivity index (χ4n) is 2.52. The van der Waals surface area contributed by atoms with Crippen LogP contribution in [0.3, 0.4) is 0 Å². The Balaban J connectivity index is 2.05. The normalized spacial score (nSPS) is 19.1. The molecular weight excluding hydrogens is 262 g/mol. The summed E-state index contributed by atoms with van der Waals surface area (Å²) in [5.41, 5.74) is 0.573. The van der Waals surface area contributed by atoms with Gasteiger partial charge in [-0.3, -0.25) is 4.79 Å². The van der Waals surface area contributed by atoms with Gasteiger partial charge in [-0.05, 0) is 31.4 Å². The molecule has 5 heteroatoms. The van der Waals surface area contributed by atoms with E-state index in [1.54, 1.807) is 12.3 Å². The summed E-state index contributed by atoms with van der Waals surface area (Å²) in [4.78, 5) is 17.4. The molecule has 106 valence electrons. The molecule has 19 heavy (non-hydrogen) atoms. The lowest BCUT2D eigenvalue weighted by Crippen LogP contribution is -2.43. The van der Waals surface area contributed by atoms with E-state index in [1.807, 2.05) is 4.90 Å². The van der Waals surface area contributed by atoms with Crippen molar-refractivity contribution in [3.8, 4) is 0 Å². The first-order valence-electron chi connectivity index (χ1n) is 6.93. The monoisotopic (exact) mass is 283 g/mol. The van der Waals surface area contributed by atoms with Gasteiger partial charge < -0.3 is 15.2 Å². The highest BCUT2D eigenvalue weighted by atomic mass is 35.5. The van der Waals surface area contributed by atoms with Gasteiger partial charge in [0.05, 0.1) is 5.02 Å². The van der Waals surface area contributed by atoms with Gasteiger partial charge >= 0.3 is 0 Å². The Morgan fingerprint density at radius 1 is 1.58 bits per heavy atom. The van der Waals surface area contributed by atoms with Gasteiger partial charge in [0.2, 0.25) is 0 Å². The second kappa shape index (κ2) is 6.44. The molecule has 0 radical (unpaired) electrons. The maximum atomic E-state index is 12.5. The van der Waals surface area contributed by atoms with Crippen molar-refractivity contribution in [2.75, 3.05) is 19.6 Å².